The maximum absolute atomic E-state index is 5.76. The van der Waals surface area contributed by atoms with Crippen molar-refractivity contribution < 1.29 is 0 Å². The van der Waals surface area contributed by atoms with Crippen LogP contribution in [0.3, 0.4) is 0 Å². The number of nitrogens with zero attached hydrogens (tertiary/aromatic N) is 1. The zero-order valence-corrected chi connectivity index (χ0v) is 8.20. The second-order valence-corrected chi connectivity index (χ2v) is 3.86. The van der Waals surface area contributed by atoms with Gasteiger partial charge in [-0.15, -0.1) is 0 Å². The van der Waals surface area contributed by atoms with Crippen LogP contribution in [0, 0.1) is 0 Å². The van der Waals surface area contributed by atoms with Crippen molar-refractivity contribution in [3.05, 3.63) is 30.1 Å². The van der Waals surface area contributed by atoms with Gasteiger partial charge in [0, 0.05) is 6.04 Å². The van der Waals surface area contributed by atoms with Crippen LogP contribution in [0.15, 0.2) is 24.5 Å². The van der Waals surface area contributed by atoms with E-state index in [1.165, 1.54) is 5.56 Å². The summed E-state index contributed by atoms with van der Waals surface area (Å²) in [5, 5.41) is 0. The zero-order valence-electron chi connectivity index (χ0n) is 8.20. The average molecular weight is 203 g/mol. The van der Waals surface area contributed by atoms with Crippen molar-refractivity contribution in [1.29, 1.82) is 0 Å². The van der Waals surface area contributed by atoms with Gasteiger partial charge in [0.2, 0.25) is 0 Å². The maximum Gasteiger partial charge on any atom is 0.0931 e. The maximum atomic E-state index is 5.76. The Morgan fingerprint density at radius 3 is 3.07 bits per heavy atom. The number of aromatic amines is 1. The molecule has 0 bridgehead atoms. The summed E-state index contributed by atoms with van der Waals surface area (Å²) in [4.78, 5) is 7.29. The Balaban J connectivity index is 1.97. The highest BCUT2D eigenvalue weighted by atomic mass is 15.4. The first kappa shape index (κ1) is 8.84. The van der Waals surface area contributed by atoms with E-state index >= 15 is 0 Å². The molecule has 0 aliphatic carbocycles. The lowest BCUT2D eigenvalue weighted by Gasteiger charge is -2.08. The van der Waals surface area contributed by atoms with Crippen molar-refractivity contribution in [2.75, 3.05) is 0 Å². The molecule has 3 rings (SSSR count). The molecule has 2 heterocycles. The summed E-state index contributed by atoms with van der Waals surface area (Å²) < 4.78 is 0. The van der Waals surface area contributed by atoms with E-state index in [2.05, 4.69) is 33.0 Å². The lowest BCUT2D eigenvalue weighted by atomic mass is 10.0. The first-order valence-corrected chi connectivity index (χ1v) is 5.02. The second-order valence-electron chi connectivity index (χ2n) is 3.86. The Morgan fingerprint density at radius 2 is 2.27 bits per heavy atom. The molecule has 2 aromatic rings. The van der Waals surface area contributed by atoms with Crippen molar-refractivity contribution in [2.45, 2.75) is 18.6 Å². The molecule has 0 amide bonds. The number of hydrogen-bond acceptors (Lipinski definition) is 4. The van der Waals surface area contributed by atoms with Crippen LogP contribution in [0.25, 0.3) is 11.0 Å². The van der Waals surface area contributed by atoms with Crippen LogP contribution >= 0.6 is 0 Å². The monoisotopic (exact) mass is 203 g/mol. The van der Waals surface area contributed by atoms with Crippen LogP contribution in [0.1, 0.15) is 18.0 Å². The van der Waals surface area contributed by atoms with Gasteiger partial charge in [-0.2, -0.15) is 0 Å². The molecule has 1 aromatic carbocycles. The number of imidazole rings is 1. The zero-order chi connectivity index (χ0) is 10.3. The molecule has 1 fully saturated rings. The van der Waals surface area contributed by atoms with Gasteiger partial charge in [-0.25, -0.2) is 15.8 Å². The summed E-state index contributed by atoms with van der Waals surface area (Å²) in [6.07, 6.45) is 2.65. The molecule has 5 N–H and O–H groups in total. The fraction of sp³-hybridized carbons (Fsp3) is 0.300. The Morgan fingerprint density at radius 1 is 1.33 bits per heavy atom. The van der Waals surface area contributed by atoms with Crippen molar-refractivity contribution in [3.8, 4) is 0 Å². The lowest BCUT2D eigenvalue weighted by Crippen LogP contribution is -2.36. The molecule has 78 valence electrons. The van der Waals surface area contributed by atoms with Crippen LogP contribution in [0.2, 0.25) is 0 Å². The second kappa shape index (κ2) is 3.30. The Kier molecular flexibility index (Phi) is 1.95. The van der Waals surface area contributed by atoms with Gasteiger partial charge in [-0.05, 0) is 24.1 Å². The van der Waals surface area contributed by atoms with E-state index in [0.717, 1.165) is 17.5 Å². The predicted octanol–water partition coefficient (Wildman–Crippen LogP) is 0.387. The molecular weight excluding hydrogens is 190 g/mol. The van der Waals surface area contributed by atoms with Crippen LogP contribution < -0.4 is 16.6 Å². The SMILES string of the molecule is NC1CC(c2ccc3nc[nH]c3c2)NN1. The predicted molar refractivity (Wildman–Crippen MR) is 57.7 cm³/mol. The minimum absolute atomic E-state index is 0.0347. The molecule has 5 nitrogen and oxygen atoms in total. The quantitative estimate of drug-likeness (QED) is 0.540. The van der Waals surface area contributed by atoms with E-state index in [4.69, 9.17) is 5.73 Å². The topological polar surface area (TPSA) is 78.8 Å². The number of nitrogens with two attached hydrogens (primary N) is 1. The normalized spacial score (nSPS) is 26.2. The molecule has 1 saturated heterocycles. The summed E-state index contributed by atoms with van der Waals surface area (Å²) in [5.41, 5.74) is 15.2. The molecule has 1 aliphatic heterocycles. The van der Waals surface area contributed by atoms with E-state index in [0.29, 0.717) is 0 Å². The first-order chi connectivity index (χ1) is 7.33. The molecule has 0 saturated carbocycles. The van der Waals surface area contributed by atoms with Crippen LogP contribution in [0.4, 0.5) is 0 Å². The van der Waals surface area contributed by atoms with Gasteiger partial charge in [0.25, 0.3) is 0 Å². The number of hydrogen-bond donors (Lipinski definition) is 4. The summed E-state index contributed by atoms with van der Waals surface area (Å²) >= 11 is 0. The third-order valence-electron chi connectivity index (χ3n) is 2.78. The number of H-pyrrole nitrogens is 1. The number of fused-ring (bicyclic) bond motifs is 1. The van der Waals surface area contributed by atoms with Crippen molar-refractivity contribution >= 4 is 11.0 Å². The van der Waals surface area contributed by atoms with Gasteiger partial charge in [0.1, 0.15) is 0 Å². The molecule has 15 heavy (non-hydrogen) atoms. The van der Waals surface area contributed by atoms with E-state index in [9.17, 15) is 0 Å². The molecule has 1 aliphatic rings. The number of nitrogens with one attached hydrogen (secondary N) is 3. The van der Waals surface area contributed by atoms with E-state index < -0.39 is 0 Å². The summed E-state index contributed by atoms with van der Waals surface area (Å²) in [6, 6.07) is 6.50. The highest BCUT2D eigenvalue weighted by Gasteiger charge is 2.22. The molecule has 2 unspecified atom stereocenters. The fourth-order valence-corrected chi connectivity index (χ4v) is 1.97. The number of hydrazine groups is 1. The van der Waals surface area contributed by atoms with E-state index in [1.807, 2.05) is 6.07 Å². The van der Waals surface area contributed by atoms with Gasteiger partial charge < -0.3 is 10.7 Å². The third-order valence-corrected chi connectivity index (χ3v) is 2.78. The largest absolute Gasteiger partial charge is 0.345 e. The average Bonchev–Trinajstić information content (AvgIpc) is 2.84. The van der Waals surface area contributed by atoms with Gasteiger partial charge in [-0.1, -0.05) is 6.07 Å². The van der Waals surface area contributed by atoms with Gasteiger partial charge in [-0.3, -0.25) is 0 Å². The molecule has 0 radical (unpaired) electrons. The third kappa shape index (κ3) is 1.50. The van der Waals surface area contributed by atoms with Gasteiger partial charge >= 0.3 is 0 Å². The smallest absolute Gasteiger partial charge is 0.0931 e. The van der Waals surface area contributed by atoms with Crippen molar-refractivity contribution in [1.82, 2.24) is 20.8 Å². The van der Waals surface area contributed by atoms with Crippen molar-refractivity contribution in [2.24, 2.45) is 5.73 Å². The Hall–Kier alpha value is -1.43. The van der Waals surface area contributed by atoms with Gasteiger partial charge in [0.05, 0.1) is 23.5 Å². The fourth-order valence-electron chi connectivity index (χ4n) is 1.97. The number of aromatic nitrogens is 2. The Labute approximate surface area is 87.0 Å². The molecule has 0 spiro atoms. The van der Waals surface area contributed by atoms with Crippen LogP contribution in [-0.2, 0) is 0 Å². The lowest BCUT2D eigenvalue weighted by molar-refractivity contribution is 0.552. The summed E-state index contributed by atoms with van der Waals surface area (Å²) in [6.45, 7) is 0. The minimum Gasteiger partial charge on any atom is -0.345 e. The van der Waals surface area contributed by atoms with E-state index in [-0.39, 0.29) is 12.2 Å². The summed E-state index contributed by atoms with van der Waals surface area (Å²) in [5.74, 6) is 0. The summed E-state index contributed by atoms with van der Waals surface area (Å²) in [7, 11) is 0. The molecule has 1 aromatic heterocycles. The molecular formula is C10H13N5. The van der Waals surface area contributed by atoms with Crippen LogP contribution in [-0.4, -0.2) is 16.1 Å². The highest BCUT2D eigenvalue weighted by molar-refractivity contribution is 5.75. The number of benzene rings is 1. The highest BCUT2D eigenvalue weighted by Crippen LogP contribution is 2.23. The first-order valence-electron chi connectivity index (χ1n) is 5.02. The Bertz CT molecular complexity index is 477. The molecule has 2 atom stereocenters. The van der Waals surface area contributed by atoms with Gasteiger partial charge in [0.15, 0.2) is 0 Å². The van der Waals surface area contributed by atoms with Crippen LogP contribution in [0.5, 0.6) is 0 Å². The van der Waals surface area contributed by atoms with E-state index in [1.54, 1.807) is 6.33 Å². The standard InChI is InChI=1S/C10H13N5/c11-10-4-8(14-15-10)6-1-2-7-9(3-6)13-5-12-7/h1-3,5,8,10,14-15H,4,11H2,(H,12,13). The minimum atomic E-state index is 0.0347. The molecule has 5 heteroatoms. The van der Waals surface area contributed by atoms with Crippen molar-refractivity contribution in [3.63, 3.8) is 0 Å². The number of rotatable bonds is 1.